The molecule has 1 amide bonds. The van der Waals surface area contributed by atoms with Crippen molar-refractivity contribution >= 4 is 21.9 Å². The van der Waals surface area contributed by atoms with Crippen molar-refractivity contribution in [2.75, 3.05) is 26.2 Å². The Morgan fingerprint density at radius 3 is 2.41 bits per heavy atom. The van der Waals surface area contributed by atoms with Crippen molar-refractivity contribution in [3.8, 4) is 0 Å². The van der Waals surface area contributed by atoms with Crippen LogP contribution in [0.15, 0.2) is 27.7 Å². The zero-order valence-corrected chi connectivity index (χ0v) is 15.6. The second-order valence-corrected chi connectivity index (χ2v) is 7.96. The number of aromatic nitrogens is 2. The molecule has 0 radical (unpaired) electrons. The summed E-state index contributed by atoms with van der Waals surface area (Å²) in [5, 5.41) is 12.7. The molecule has 0 unspecified atom stereocenters. The van der Waals surface area contributed by atoms with Crippen LogP contribution in [0.5, 0.6) is 0 Å². The molecule has 2 aromatic rings. The third-order valence-electron chi connectivity index (χ3n) is 4.32. The third kappa shape index (κ3) is 3.55. The molecule has 11 heteroatoms. The lowest BCUT2D eigenvalue weighted by atomic mass is 10.2. The summed E-state index contributed by atoms with van der Waals surface area (Å²) in [5.74, 6) is -1.36. The van der Waals surface area contributed by atoms with Crippen molar-refractivity contribution in [2.45, 2.75) is 18.7 Å². The van der Waals surface area contributed by atoms with Crippen LogP contribution in [0, 0.1) is 13.8 Å². The maximum Gasteiger partial charge on any atom is 0.354 e. The van der Waals surface area contributed by atoms with Crippen LogP contribution in [0.25, 0.3) is 0 Å². The Morgan fingerprint density at radius 2 is 1.85 bits per heavy atom. The molecule has 2 aromatic heterocycles. The number of amides is 1. The molecule has 1 saturated heterocycles. The van der Waals surface area contributed by atoms with Crippen LogP contribution in [0.2, 0.25) is 0 Å². The first-order chi connectivity index (χ1) is 12.7. The van der Waals surface area contributed by atoms with E-state index in [0.29, 0.717) is 5.69 Å². The van der Waals surface area contributed by atoms with Crippen molar-refractivity contribution in [3.05, 3.63) is 41.0 Å². The van der Waals surface area contributed by atoms with E-state index < -0.39 is 16.0 Å². The zero-order chi connectivity index (χ0) is 19.8. The van der Waals surface area contributed by atoms with Gasteiger partial charge in [0.2, 0.25) is 10.0 Å². The Hall–Kier alpha value is -2.79. The fourth-order valence-electron chi connectivity index (χ4n) is 2.97. The van der Waals surface area contributed by atoms with Gasteiger partial charge >= 0.3 is 5.97 Å². The van der Waals surface area contributed by atoms with E-state index in [1.807, 2.05) is 0 Å². The lowest BCUT2D eigenvalue weighted by molar-refractivity contribution is 0.0690. The number of rotatable bonds is 4. The van der Waals surface area contributed by atoms with Gasteiger partial charge in [-0.3, -0.25) is 4.79 Å². The van der Waals surface area contributed by atoms with E-state index >= 15 is 0 Å². The van der Waals surface area contributed by atoms with E-state index in [1.165, 1.54) is 34.5 Å². The van der Waals surface area contributed by atoms with Gasteiger partial charge in [-0.1, -0.05) is 5.16 Å². The van der Waals surface area contributed by atoms with Crippen molar-refractivity contribution in [1.82, 2.24) is 19.3 Å². The average Bonchev–Trinajstić information content (AvgIpc) is 3.00. The van der Waals surface area contributed by atoms with Crippen LogP contribution in [-0.2, 0) is 10.0 Å². The van der Waals surface area contributed by atoms with E-state index in [-0.39, 0.29) is 54.0 Å². The molecule has 1 fully saturated rings. The van der Waals surface area contributed by atoms with Crippen LogP contribution >= 0.6 is 0 Å². The largest absolute Gasteiger partial charge is 0.477 e. The molecule has 10 nitrogen and oxygen atoms in total. The molecule has 144 valence electrons. The lowest BCUT2D eigenvalue weighted by Gasteiger charge is -2.34. The predicted octanol–water partition coefficient (Wildman–Crippen LogP) is 0.531. The highest BCUT2D eigenvalue weighted by Crippen LogP contribution is 2.24. The molecule has 0 bridgehead atoms. The van der Waals surface area contributed by atoms with E-state index in [1.54, 1.807) is 6.92 Å². The average molecular weight is 394 g/mol. The standard InChI is InChI=1S/C16H18N4O6S/c1-10-14(11(2)26-18-10)27(24,25)20-7-5-19(6-8-20)15(21)12-3-4-17-13(9-12)16(22)23/h3-4,9H,5-8H2,1-2H3,(H,22,23). The number of hydrogen-bond donors (Lipinski definition) is 1. The van der Waals surface area contributed by atoms with Crippen LogP contribution < -0.4 is 0 Å². The Morgan fingerprint density at radius 1 is 1.19 bits per heavy atom. The molecule has 3 rings (SSSR count). The number of aryl methyl sites for hydroxylation is 2. The van der Waals surface area contributed by atoms with Crippen molar-refractivity contribution in [1.29, 1.82) is 0 Å². The fraction of sp³-hybridized carbons (Fsp3) is 0.375. The summed E-state index contributed by atoms with van der Waals surface area (Å²) in [6.07, 6.45) is 1.26. The molecule has 27 heavy (non-hydrogen) atoms. The van der Waals surface area contributed by atoms with Gasteiger partial charge < -0.3 is 14.5 Å². The van der Waals surface area contributed by atoms with Gasteiger partial charge in [-0.15, -0.1) is 0 Å². The second kappa shape index (κ2) is 7.08. The van der Waals surface area contributed by atoms with Gasteiger partial charge in [0, 0.05) is 37.9 Å². The minimum atomic E-state index is -3.76. The molecule has 0 spiro atoms. The first-order valence-electron chi connectivity index (χ1n) is 8.13. The van der Waals surface area contributed by atoms with E-state index in [2.05, 4.69) is 10.1 Å². The Bertz CT molecular complexity index is 973. The molecule has 0 aliphatic carbocycles. The first kappa shape index (κ1) is 19.0. The van der Waals surface area contributed by atoms with Gasteiger partial charge in [0.25, 0.3) is 5.91 Å². The SMILES string of the molecule is Cc1noc(C)c1S(=O)(=O)N1CCN(C(=O)c2ccnc(C(=O)O)c2)CC1. The molecule has 1 aliphatic heterocycles. The number of carbonyl (C=O) groups excluding carboxylic acids is 1. The van der Waals surface area contributed by atoms with Gasteiger partial charge in [0.05, 0.1) is 0 Å². The molecular weight excluding hydrogens is 376 g/mol. The van der Waals surface area contributed by atoms with Crippen LogP contribution in [-0.4, -0.2) is 70.9 Å². The Kier molecular flexibility index (Phi) is 4.98. The normalized spacial score (nSPS) is 15.7. The molecule has 1 N–H and O–H groups in total. The molecule has 0 saturated carbocycles. The highest BCUT2D eigenvalue weighted by molar-refractivity contribution is 7.89. The monoisotopic (exact) mass is 394 g/mol. The molecule has 3 heterocycles. The number of carboxylic acid groups (broad SMARTS) is 1. The van der Waals surface area contributed by atoms with Crippen LogP contribution in [0.3, 0.4) is 0 Å². The molecular formula is C16H18N4O6S. The summed E-state index contributed by atoms with van der Waals surface area (Å²) in [5.41, 5.74) is 0.272. The fourth-order valence-corrected chi connectivity index (χ4v) is 4.68. The minimum absolute atomic E-state index is 0.0579. The molecule has 0 atom stereocenters. The predicted molar refractivity (Wildman–Crippen MR) is 91.8 cm³/mol. The molecule has 0 aromatic carbocycles. The quantitative estimate of drug-likeness (QED) is 0.794. The Labute approximate surface area is 155 Å². The van der Waals surface area contributed by atoms with Gasteiger partial charge in [0.15, 0.2) is 5.76 Å². The summed E-state index contributed by atoms with van der Waals surface area (Å²) in [4.78, 5) is 28.8. The van der Waals surface area contributed by atoms with Gasteiger partial charge in [-0.25, -0.2) is 18.2 Å². The van der Waals surface area contributed by atoms with Crippen LogP contribution in [0.1, 0.15) is 32.3 Å². The Balaban J connectivity index is 1.73. The summed E-state index contributed by atoms with van der Waals surface area (Å²) in [6.45, 7) is 3.71. The van der Waals surface area contributed by atoms with Gasteiger partial charge in [0.1, 0.15) is 16.3 Å². The van der Waals surface area contributed by atoms with Crippen LogP contribution in [0.4, 0.5) is 0 Å². The number of carboxylic acids is 1. The van der Waals surface area contributed by atoms with Gasteiger partial charge in [-0.05, 0) is 26.0 Å². The van der Waals surface area contributed by atoms with Crippen molar-refractivity contribution in [2.24, 2.45) is 0 Å². The number of pyridine rings is 1. The number of hydrogen-bond acceptors (Lipinski definition) is 7. The minimum Gasteiger partial charge on any atom is -0.477 e. The topological polar surface area (TPSA) is 134 Å². The number of carbonyl (C=O) groups is 2. The highest BCUT2D eigenvalue weighted by atomic mass is 32.2. The van der Waals surface area contributed by atoms with E-state index in [9.17, 15) is 18.0 Å². The van der Waals surface area contributed by atoms with Crippen molar-refractivity contribution < 1.29 is 27.6 Å². The van der Waals surface area contributed by atoms with E-state index in [4.69, 9.17) is 9.63 Å². The number of nitrogens with zero attached hydrogens (tertiary/aromatic N) is 4. The summed E-state index contributed by atoms with van der Waals surface area (Å²) in [7, 11) is -3.76. The highest BCUT2D eigenvalue weighted by Gasteiger charge is 2.34. The maximum atomic E-state index is 12.8. The third-order valence-corrected chi connectivity index (χ3v) is 6.46. The zero-order valence-electron chi connectivity index (χ0n) is 14.7. The lowest BCUT2D eigenvalue weighted by Crippen LogP contribution is -2.50. The smallest absolute Gasteiger partial charge is 0.354 e. The second-order valence-electron chi connectivity index (χ2n) is 6.08. The number of sulfonamides is 1. The first-order valence-corrected chi connectivity index (χ1v) is 9.57. The van der Waals surface area contributed by atoms with Gasteiger partial charge in [-0.2, -0.15) is 4.31 Å². The number of aromatic carboxylic acids is 1. The number of piperazine rings is 1. The molecule has 1 aliphatic rings. The maximum absolute atomic E-state index is 12.8. The summed E-state index contributed by atoms with van der Waals surface area (Å²) < 4.78 is 31.8. The summed E-state index contributed by atoms with van der Waals surface area (Å²) in [6, 6.07) is 2.64. The van der Waals surface area contributed by atoms with Crippen molar-refractivity contribution in [3.63, 3.8) is 0 Å². The van der Waals surface area contributed by atoms with E-state index in [0.717, 1.165) is 0 Å². The summed E-state index contributed by atoms with van der Waals surface area (Å²) >= 11 is 0.